The van der Waals surface area contributed by atoms with Gasteiger partial charge in [-0.05, 0) is 33.2 Å². The van der Waals surface area contributed by atoms with Crippen LogP contribution in [0.25, 0.3) is 0 Å². The molecule has 1 atom stereocenters. The number of piperidine rings is 1. The Morgan fingerprint density at radius 3 is 2.62 bits per heavy atom. The van der Waals surface area contributed by atoms with Gasteiger partial charge in [-0.3, -0.25) is 9.59 Å². The normalized spacial score (nSPS) is 20.8. The summed E-state index contributed by atoms with van der Waals surface area (Å²) in [6.07, 6.45) is 1.84. The third-order valence-electron chi connectivity index (χ3n) is 2.86. The molecule has 5 heteroatoms. The molecule has 0 radical (unpaired) electrons. The predicted octanol–water partition coefficient (Wildman–Crippen LogP) is 0.308. The monoisotopic (exact) mass is 228 g/mol. The number of carbonyl (C=O) groups excluding carboxylic acids is 1. The van der Waals surface area contributed by atoms with Gasteiger partial charge in [0.15, 0.2) is 0 Å². The number of carbonyl (C=O) groups is 2. The van der Waals surface area contributed by atoms with Crippen LogP contribution >= 0.6 is 0 Å². The third kappa shape index (κ3) is 3.48. The Morgan fingerprint density at radius 1 is 1.50 bits per heavy atom. The highest BCUT2D eigenvalue weighted by molar-refractivity contribution is 5.83. The minimum absolute atomic E-state index is 0.0374. The van der Waals surface area contributed by atoms with Crippen molar-refractivity contribution < 1.29 is 14.7 Å². The zero-order valence-corrected chi connectivity index (χ0v) is 9.90. The Kier molecular flexibility index (Phi) is 4.73. The SMILES string of the molecule is CC(C)N(CC(=O)O)C(=O)[C@H]1CCCNC1. The molecule has 0 aromatic rings. The summed E-state index contributed by atoms with van der Waals surface area (Å²) in [6, 6.07) is -0.0643. The highest BCUT2D eigenvalue weighted by Crippen LogP contribution is 2.15. The fourth-order valence-corrected chi connectivity index (χ4v) is 1.96. The lowest BCUT2D eigenvalue weighted by Gasteiger charge is -2.31. The van der Waals surface area contributed by atoms with Crippen LogP contribution in [0.5, 0.6) is 0 Å². The second-order valence-corrected chi connectivity index (χ2v) is 4.50. The van der Waals surface area contributed by atoms with Crippen molar-refractivity contribution in [2.45, 2.75) is 32.7 Å². The van der Waals surface area contributed by atoms with Crippen LogP contribution in [0.3, 0.4) is 0 Å². The average molecular weight is 228 g/mol. The molecule has 0 bridgehead atoms. The number of aliphatic carboxylic acids is 1. The van der Waals surface area contributed by atoms with Gasteiger partial charge < -0.3 is 15.3 Å². The van der Waals surface area contributed by atoms with Crippen molar-refractivity contribution in [2.24, 2.45) is 5.92 Å². The van der Waals surface area contributed by atoms with Crippen LogP contribution < -0.4 is 5.32 Å². The summed E-state index contributed by atoms with van der Waals surface area (Å²) >= 11 is 0. The number of nitrogens with zero attached hydrogens (tertiary/aromatic N) is 1. The summed E-state index contributed by atoms with van der Waals surface area (Å²) in [5.41, 5.74) is 0. The Bertz CT molecular complexity index is 260. The molecular formula is C11H20N2O3. The maximum atomic E-state index is 12.1. The molecule has 1 amide bonds. The van der Waals surface area contributed by atoms with Crippen LogP contribution in [0.4, 0.5) is 0 Å². The van der Waals surface area contributed by atoms with Crippen molar-refractivity contribution >= 4 is 11.9 Å². The molecule has 0 aromatic carbocycles. The average Bonchev–Trinajstić information content (AvgIpc) is 2.25. The number of carboxylic acid groups (broad SMARTS) is 1. The molecule has 16 heavy (non-hydrogen) atoms. The van der Waals surface area contributed by atoms with Crippen molar-refractivity contribution in [3.8, 4) is 0 Å². The highest BCUT2D eigenvalue weighted by atomic mass is 16.4. The van der Waals surface area contributed by atoms with E-state index < -0.39 is 5.97 Å². The lowest BCUT2D eigenvalue weighted by atomic mass is 9.97. The van der Waals surface area contributed by atoms with Gasteiger partial charge in [0.2, 0.25) is 5.91 Å². The molecule has 0 saturated carbocycles. The smallest absolute Gasteiger partial charge is 0.323 e. The molecule has 1 rings (SSSR count). The van der Waals surface area contributed by atoms with E-state index in [1.54, 1.807) is 0 Å². The molecule has 1 aliphatic heterocycles. The second-order valence-electron chi connectivity index (χ2n) is 4.50. The Morgan fingerprint density at radius 2 is 2.19 bits per heavy atom. The lowest BCUT2D eigenvalue weighted by Crippen LogP contribution is -2.47. The lowest BCUT2D eigenvalue weighted by molar-refractivity contribution is -0.148. The van der Waals surface area contributed by atoms with Crippen LogP contribution in [-0.4, -0.2) is 47.6 Å². The number of rotatable bonds is 4. The summed E-state index contributed by atoms with van der Waals surface area (Å²) in [7, 11) is 0. The van der Waals surface area contributed by atoms with E-state index in [9.17, 15) is 9.59 Å². The van der Waals surface area contributed by atoms with E-state index in [1.165, 1.54) is 4.90 Å². The maximum Gasteiger partial charge on any atom is 0.323 e. The summed E-state index contributed by atoms with van der Waals surface area (Å²) in [4.78, 5) is 24.2. The first kappa shape index (κ1) is 13.0. The van der Waals surface area contributed by atoms with Gasteiger partial charge in [-0.15, -0.1) is 0 Å². The summed E-state index contributed by atoms with van der Waals surface area (Å²) in [5, 5.41) is 11.9. The van der Waals surface area contributed by atoms with Crippen LogP contribution in [0, 0.1) is 5.92 Å². The van der Waals surface area contributed by atoms with Crippen LogP contribution in [0.1, 0.15) is 26.7 Å². The number of hydrogen-bond donors (Lipinski definition) is 2. The minimum Gasteiger partial charge on any atom is -0.480 e. The van der Waals surface area contributed by atoms with Crippen molar-refractivity contribution in [1.82, 2.24) is 10.2 Å². The molecule has 92 valence electrons. The zero-order valence-electron chi connectivity index (χ0n) is 9.90. The molecule has 0 aromatic heterocycles. The van der Waals surface area contributed by atoms with Crippen molar-refractivity contribution in [2.75, 3.05) is 19.6 Å². The zero-order chi connectivity index (χ0) is 12.1. The first-order valence-electron chi connectivity index (χ1n) is 5.75. The van der Waals surface area contributed by atoms with Gasteiger partial charge in [-0.25, -0.2) is 0 Å². The first-order valence-corrected chi connectivity index (χ1v) is 5.75. The molecule has 5 nitrogen and oxygen atoms in total. The summed E-state index contributed by atoms with van der Waals surface area (Å²) in [5.74, 6) is -1.05. The molecule has 0 aliphatic carbocycles. The number of nitrogens with one attached hydrogen (secondary N) is 1. The third-order valence-corrected chi connectivity index (χ3v) is 2.86. The maximum absolute atomic E-state index is 12.1. The van der Waals surface area contributed by atoms with Gasteiger partial charge in [-0.1, -0.05) is 0 Å². The minimum atomic E-state index is -0.953. The first-order chi connectivity index (χ1) is 7.52. The van der Waals surface area contributed by atoms with Crippen LogP contribution in [0.2, 0.25) is 0 Å². The molecule has 0 spiro atoms. The number of hydrogen-bond acceptors (Lipinski definition) is 3. The fourth-order valence-electron chi connectivity index (χ4n) is 1.96. The van der Waals surface area contributed by atoms with Gasteiger partial charge in [0, 0.05) is 12.6 Å². The van der Waals surface area contributed by atoms with Crippen LogP contribution in [-0.2, 0) is 9.59 Å². The van der Waals surface area contributed by atoms with Gasteiger partial charge in [-0.2, -0.15) is 0 Å². The molecule has 1 aliphatic rings. The Balaban J connectivity index is 2.61. The van der Waals surface area contributed by atoms with Crippen molar-refractivity contribution in [1.29, 1.82) is 0 Å². The van der Waals surface area contributed by atoms with Gasteiger partial charge >= 0.3 is 5.97 Å². The standard InChI is InChI=1S/C11H20N2O3/c1-8(2)13(7-10(14)15)11(16)9-4-3-5-12-6-9/h8-9,12H,3-7H2,1-2H3,(H,14,15)/t9-/m0/s1. The number of amides is 1. The Labute approximate surface area is 95.8 Å². The largest absolute Gasteiger partial charge is 0.480 e. The molecule has 1 saturated heterocycles. The van der Waals surface area contributed by atoms with E-state index in [0.717, 1.165) is 19.4 Å². The molecule has 1 fully saturated rings. The molecule has 0 unspecified atom stereocenters. The highest BCUT2D eigenvalue weighted by Gasteiger charge is 2.28. The van der Waals surface area contributed by atoms with Crippen molar-refractivity contribution in [3.63, 3.8) is 0 Å². The van der Waals surface area contributed by atoms with Crippen molar-refractivity contribution in [3.05, 3.63) is 0 Å². The Hall–Kier alpha value is -1.10. The summed E-state index contributed by atoms with van der Waals surface area (Å²) < 4.78 is 0. The van der Waals surface area contributed by atoms with Crippen LogP contribution in [0.15, 0.2) is 0 Å². The van der Waals surface area contributed by atoms with E-state index in [-0.39, 0.29) is 24.4 Å². The van der Waals surface area contributed by atoms with Gasteiger partial charge in [0.1, 0.15) is 6.54 Å². The van der Waals surface area contributed by atoms with E-state index in [0.29, 0.717) is 6.54 Å². The van der Waals surface area contributed by atoms with Gasteiger partial charge in [0.05, 0.1) is 5.92 Å². The van der Waals surface area contributed by atoms with E-state index >= 15 is 0 Å². The fraction of sp³-hybridized carbons (Fsp3) is 0.818. The topological polar surface area (TPSA) is 69.6 Å². The van der Waals surface area contributed by atoms with E-state index in [1.807, 2.05) is 13.8 Å². The van der Waals surface area contributed by atoms with E-state index in [2.05, 4.69) is 5.32 Å². The molecular weight excluding hydrogens is 208 g/mol. The van der Waals surface area contributed by atoms with Gasteiger partial charge in [0.25, 0.3) is 0 Å². The molecule has 1 heterocycles. The quantitative estimate of drug-likeness (QED) is 0.726. The van der Waals surface area contributed by atoms with E-state index in [4.69, 9.17) is 5.11 Å². The second kappa shape index (κ2) is 5.84. The number of carboxylic acids is 1. The molecule has 2 N–H and O–H groups in total. The predicted molar refractivity (Wildman–Crippen MR) is 60.1 cm³/mol. The summed E-state index contributed by atoms with van der Waals surface area (Å²) in [6.45, 7) is 5.10.